The number of hydrogen-bond donors (Lipinski definition) is 1. The maximum Gasteiger partial charge on any atom is 0.419 e. The SMILES string of the molecule is COC(=O)N(C[C@H](NC(=O)OC(C)(C)C)C(=O)OC(C)(C)C)C(=O)OC. The number of ether oxygens (including phenoxy) is 4. The lowest BCUT2D eigenvalue weighted by atomic mass is 10.2. The molecule has 0 aromatic heterocycles. The number of hydrogen-bond acceptors (Lipinski definition) is 8. The molecule has 26 heavy (non-hydrogen) atoms. The van der Waals surface area contributed by atoms with Gasteiger partial charge in [-0.25, -0.2) is 24.1 Å². The van der Waals surface area contributed by atoms with Crippen LogP contribution in [0.15, 0.2) is 0 Å². The molecule has 0 aromatic carbocycles. The number of esters is 1. The van der Waals surface area contributed by atoms with E-state index in [1.165, 1.54) is 0 Å². The molecule has 1 atom stereocenters. The quantitative estimate of drug-likeness (QED) is 0.585. The van der Waals surface area contributed by atoms with Gasteiger partial charge >= 0.3 is 24.2 Å². The summed E-state index contributed by atoms with van der Waals surface area (Å²) in [4.78, 5) is 48.5. The highest BCUT2D eigenvalue weighted by Gasteiger charge is 2.34. The van der Waals surface area contributed by atoms with Crippen molar-refractivity contribution in [2.75, 3.05) is 20.8 Å². The number of carbonyl (C=O) groups is 4. The first kappa shape index (κ1) is 23.5. The second kappa shape index (κ2) is 9.25. The number of nitrogens with zero attached hydrogens (tertiary/aromatic N) is 1. The molecule has 0 heterocycles. The van der Waals surface area contributed by atoms with Gasteiger partial charge in [0, 0.05) is 0 Å². The van der Waals surface area contributed by atoms with Crippen molar-refractivity contribution in [2.45, 2.75) is 58.8 Å². The Balaban J connectivity index is 5.47. The lowest BCUT2D eigenvalue weighted by molar-refractivity contribution is -0.157. The van der Waals surface area contributed by atoms with Crippen LogP contribution in [0.1, 0.15) is 41.5 Å². The van der Waals surface area contributed by atoms with Gasteiger partial charge in [-0.05, 0) is 41.5 Å². The van der Waals surface area contributed by atoms with Crippen molar-refractivity contribution in [3.63, 3.8) is 0 Å². The predicted octanol–water partition coefficient (Wildman–Crippen LogP) is 2.06. The van der Waals surface area contributed by atoms with Gasteiger partial charge in [0.1, 0.15) is 17.2 Å². The number of rotatable bonds is 4. The van der Waals surface area contributed by atoms with Gasteiger partial charge in [-0.2, -0.15) is 0 Å². The van der Waals surface area contributed by atoms with Crippen molar-refractivity contribution in [1.29, 1.82) is 0 Å². The maximum atomic E-state index is 12.4. The summed E-state index contributed by atoms with van der Waals surface area (Å²) in [5.41, 5.74) is -1.67. The van der Waals surface area contributed by atoms with Crippen LogP contribution in [0.3, 0.4) is 0 Å². The Labute approximate surface area is 153 Å². The van der Waals surface area contributed by atoms with Crippen LogP contribution in [0.25, 0.3) is 0 Å². The fraction of sp³-hybridized carbons (Fsp3) is 0.750. The zero-order chi connectivity index (χ0) is 20.7. The molecule has 0 unspecified atom stereocenters. The van der Waals surface area contributed by atoms with E-state index in [-0.39, 0.29) is 0 Å². The third-order valence-electron chi connectivity index (χ3n) is 2.54. The highest BCUT2D eigenvalue weighted by Crippen LogP contribution is 2.12. The third-order valence-corrected chi connectivity index (χ3v) is 2.54. The molecule has 0 spiro atoms. The summed E-state index contributed by atoms with van der Waals surface area (Å²) in [6.07, 6.45) is -3.03. The molecule has 0 aromatic rings. The van der Waals surface area contributed by atoms with Crippen LogP contribution < -0.4 is 5.32 Å². The molecule has 0 saturated carbocycles. The number of nitrogens with one attached hydrogen (secondary N) is 1. The fourth-order valence-corrected chi connectivity index (χ4v) is 1.63. The van der Waals surface area contributed by atoms with Gasteiger partial charge in [0.2, 0.25) is 0 Å². The van der Waals surface area contributed by atoms with Gasteiger partial charge in [-0.3, -0.25) is 0 Å². The number of alkyl carbamates (subject to hydrolysis) is 1. The highest BCUT2D eigenvalue weighted by molar-refractivity contribution is 5.89. The molecule has 3 amide bonds. The van der Waals surface area contributed by atoms with Gasteiger partial charge in [0.25, 0.3) is 0 Å². The van der Waals surface area contributed by atoms with Crippen molar-refractivity contribution < 1.29 is 38.1 Å². The minimum absolute atomic E-state index is 0.520. The molecule has 1 N–H and O–H groups in total. The minimum atomic E-state index is -1.39. The third kappa shape index (κ3) is 9.09. The smallest absolute Gasteiger partial charge is 0.419 e. The van der Waals surface area contributed by atoms with E-state index in [0.717, 1.165) is 14.2 Å². The molecule has 10 nitrogen and oxygen atoms in total. The largest absolute Gasteiger partial charge is 0.458 e. The Morgan fingerprint density at radius 3 is 1.62 bits per heavy atom. The van der Waals surface area contributed by atoms with Crippen molar-refractivity contribution in [2.24, 2.45) is 0 Å². The van der Waals surface area contributed by atoms with E-state index in [1.54, 1.807) is 41.5 Å². The molecule has 0 fully saturated rings. The monoisotopic (exact) mass is 376 g/mol. The van der Waals surface area contributed by atoms with Crippen LogP contribution in [0, 0.1) is 0 Å². The lowest BCUT2D eigenvalue weighted by Gasteiger charge is -2.28. The average molecular weight is 376 g/mol. The summed E-state index contributed by atoms with van der Waals surface area (Å²) in [5.74, 6) is -0.860. The van der Waals surface area contributed by atoms with Crippen LogP contribution in [0.2, 0.25) is 0 Å². The van der Waals surface area contributed by atoms with Crippen LogP contribution in [0.5, 0.6) is 0 Å². The van der Waals surface area contributed by atoms with E-state index in [1.807, 2.05) is 0 Å². The van der Waals surface area contributed by atoms with Crippen molar-refractivity contribution in [1.82, 2.24) is 10.2 Å². The zero-order valence-electron chi connectivity index (χ0n) is 16.5. The van der Waals surface area contributed by atoms with Gasteiger partial charge in [-0.15, -0.1) is 0 Å². The van der Waals surface area contributed by atoms with Gasteiger partial charge in [0.15, 0.2) is 0 Å². The molecular weight excluding hydrogens is 348 g/mol. The van der Waals surface area contributed by atoms with Gasteiger partial charge < -0.3 is 24.3 Å². The molecule has 0 bridgehead atoms. The highest BCUT2D eigenvalue weighted by atomic mass is 16.6. The lowest BCUT2D eigenvalue weighted by Crippen LogP contribution is -2.53. The standard InChI is InChI=1S/C16H28N2O8/c1-15(2,3)25-11(19)10(17-12(20)26-16(4,5)6)9-18(13(21)23-7)14(22)24-8/h10H,9H2,1-8H3,(H,17,20)/t10-/m0/s1. The Morgan fingerprint density at radius 1 is 0.846 bits per heavy atom. The van der Waals surface area contributed by atoms with Gasteiger partial charge in [-0.1, -0.05) is 0 Å². The Kier molecular flexibility index (Phi) is 8.36. The normalized spacial score (nSPS) is 12.5. The number of amides is 3. The topological polar surface area (TPSA) is 120 Å². The fourth-order valence-electron chi connectivity index (χ4n) is 1.63. The number of carbonyl (C=O) groups excluding carboxylic acids is 4. The molecule has 0 radical (unpaired) electrons. The van der Waals surface area contributed by atoms with Crippen LogP contribution in [0.4, 0.5) is 14.4 Å². The Morgan fingerprint density at radius 2 is 1.27 bits per heavy atom. The summed E-state index contributed by atoms with van der Waals surface area (Å²) in [6.45, 7) is 9.27. The predicted molar refractivity (Wildman–Crippen MR) is 90.5 cm³/mol. The molecule has 10 heteroatoms. The van der Waals surface area contributed by atoms with E-state index < -0.39 is 48.0 Å². The number of methoxy groups -OCH3 is 2. The van der Waals surface area contributed by atoms with Crippen LogP contribution in [-0.2, 0) is 23.7 Å². The molecule has 0 aliphatic rings. The Bertz CT molecular complexity index is 517. The molecular formula is C16H28N2O8. The van der Waals surface area contributed by atoms with Crippen LogP contribution >= 0.6 is 0 Å². The summed E-state index contributed by atoms with van der Waals surface area (Å²) in [6, 6.07) is -1.39. The molecule has 0 rings (SSSR count). The maximum absolute atomic E-state index is 12.4. The summed E-state index contributed by atoms with van der Waals surface area (Å²) >= 11 is 0. The molecule has 150 valence electrons. The molecule has 0 aliphatic heterocycles. The first-order valence-electron chi connectivity index (χ1n) is 7.86. The van der Waals surface area contributed by atoms with Crippen molar-refractivity contribution in [3.05, 3.63) is 0 Å². The van der Waals surface area contributed by atoms with E-state index in [0.29, 0.717) is 4.90 Å². The van der Waals surface area contributed by atoms with Crippen LogP contribution in [-0.4, -0.2) is 67.2 Å². The first-order valence-corrected chi connectivity index (χ1v) is 7.86. The van der Waals surface area contributed by atoms with Gasteiger partial charge in [0.05, 0.1) is 20.8 Å². The Hall–Kier alpha value is -2.52. The summed E-state index contributed by atoms with van der Waals surface area (Å²) < 4.78 is 19.3. The van der Waals surface area contributed by atoms with E-state index >= 15 is 0 Å². The molecule has 0 saturated heterocycles. The first-order chi connectivity index (χ1) is 11.7. The second-order valence-corrected chi connectivity index (χ2v) is 7.28. The number of imide groups is 1. The second-order valence-electron chi connectivity index (χ2n) is 7.28. The summed E-state index contributed by atoms with van der Waals surface area (Å²) in [5, 5.41) is 2.29. The van der Waals surface area contributed by atoms with E-state index in [4.69, 9.17) is 9.47 Å². The van der Waals surface area contributed by atoms with E-state index in [2.05, 4.69) is 14.8 Å². The average Bonchev–Trinajstić information content (AvgIpc) is 2.46. The zero-order valence-corrected chi connectivity index (χ0v) is 16.5. The summed E-state index contributed by atoms with van der Waals surface area (Å²) in [7, 11) is 2.12. The van der Waals surface area contributed by atoms with E-state index in [9.17, 15) is 19.2 Å². The van der Waals surface area contributed by atoms with Crippen molar-refractivity contribution >= 4 is 24.2 Å². The molecule has 0 aliphatic carbocycles. The van der Waals surface area contributed by atoms with Crippen molar-refractivity contribution in [3.8, 4) is 0 Å². The minimum Gasteiger partial charge on any atom is -0.458 e.